The number of hydrogen-bond donors (Lipinski definition) is 2. The average Bonchev–Trinajstić information content (AvgIpc) is 2.59. The lowest BCUT2D eigenvalue weighted by atomic mass is 10.2. The van der Waals surface area contributed by atoms with E-state index in [4.69, 9.17) is 0 Å². The van der Waals surface area contributed by atoms with Crippen LogP contribution in [0.15, 0.2) is 59.5 Å². The number of nitrogens with one attached hydrogen (secondary N) is 2. The average molecular weight is 361 g/mol. The summed E-state index contributed by atoms with van der Waals surface area (Å²) < 4.78 is 27.0. The lowest BCUT2D eigenvalue weighted by molar-refractivity contribution is 0.0952. The third kappa shape index (κ3) is 5.88. The Bertz CT molecular complexity index is 788. The predicted octanol–water partition coefficient (Wildman–Crippen LogP) is 2.17. The molecule has 0 fully saturated rings. The molecule has 25 heavy (non-hydrogen) atoms. The van der Waals surface area contributed by atoms with Gasteiger partial charge in [0.1, 0.15) is 0 Å². The normalized spacial score (nSPS) is 11.3. The van der Waals surface area contributed by atoms with Gasteiger partial charge in [-0.1, -0.05) is 18.2 Å². The smallest absolute Gasteiger partial charge is 0.261 e. The van der Waals surface area contributed by atoms with Gasteiger partial charge in [-0.15, -0.1) is 0 Å². The number of benzene rings is 2. The summed E-state index contributed by atoms with van der Waals surface area (Å²) in [5, 5.41) is 2.84. The molecule has 0 saturated carbocycles. The monoisotopic (exact) mass is 361 g/mol. The molecule has 0 aromatic heterocycles. The molecule has 0 atom stereocenters. The molecule has 7 heteroatoms. The van der Waals surface area contributed by atoms with Crippen LogP contribution >= 0.6 is 0 Å². The van der Waals surface area contributed by atoms with E-state index < -0.39 is 10.0 Å². The molecule has 0 radical (unpaired) electrons. The second-order valence-corrected chi connectivity index (χ2v) is 7.59. The van der Waals surface area contributed by atoms with E-state index in [2.05, 4.69) is 14.9 Å². The fraction of sp³-hybridized carbons (Fsp3) is 0.278. The van der Waals surface area contributed by atoms with E-state index >= 15 is 0 Å². The van der Waals surface area contributed by atoms with Crippen molar-refractivity contribution in [1.82, 2.24) is 10.2 Å². The Balaban J connectivity index is 1.94. The van der Waals surface area contributed by atoms with Gasteiger partial charge >= 0.3 is 0 Å². The van der Waals surface area contributed by atoms with Crippen molar-refractivity contribution in [2.75, 3.05) is 31.9 Å². The molecule has 0 heterocycles. The summed E-state index contributed by atoms with van der Waals surface area (Å²) in [6, 6.07) is 14.5. The van der Waals surface area contributed by atoms with Crippen molar-refractivity contribution in [2.45, 2.75) is 11.3 Å². The molecule has 0 aliphatic carbocycles. The van der Waals surface area contributed by atoms with Crippen LogP contribution in [0, 0.1) is 0 Å². The van der Waals surface area contributed by atoms with Crippen LogP contribution in [0.2, 0.25) is 0 Å². The molecule has 0 aliphatic heterocycles. The Morgan fingerprint density at radius 2 is 1.64 bits per heavy atom. The van der Waals surface area contributed by atoms with Gasteiger partial charge in [0, 0.05) is 17.8 Å². The largest absolute Gasteiger partial charge is 0.352 e. The van der Waals surface area contributed by atoms with Gasteiger partial charge in [0.25, 0.3) is 15.9 Å². The van der Waals surface area contributed by atoms with Crippen LogP contribution < -0.4 is 10.0 Å². The third-order valence-electron chi connectivity index (χ3n) is 3.52. The van der Waals surface area contributed by atoms with E-state index in [1.807, 2.05) is 14.1 Å². The Morgan fingerprint density at radius 1 is 1.00 bits per heavy atom. The van der Waals surface area contributed by atoms with Gasteiger partial charge in [-0.2, -0.15) is 0 Å². The number of carbonyl (C=O) groups excluding carboxylic acids is 1. The Morgan fingerprint density at radius 3 is 2.24 bits per heavy atom. The van der Waals surface area contributed by atoms with E-state index in [0.29, 0.717) is 17.8 Å². The SMILES string of the molecule is CN(C)CCCNC(=O)c1ccc(NS(=O)(=O)c2ccccc2)cc1. The Kier molecular flexibility index (Phi) is 6.55. The number of rotatable bonds is 8. The van der Waals surface area contributed by atoms with E-state index in [9.17, 15) is 13.2 Å². The summed E-state index contributed by atoms with van der Waals surface area (Å²) in [6.07, 6.45) is 0.869. The Hall–Kier alpha value is -2.38. The fourth-order valence-electron chi connectivity index (χ4n) is 2.20. The molecule has 2 rings (SSSR count). The first-order valence-corrected chi connectivity index (χ1v) is 9.48. The quantitative estimate of drug-likeness (QED) is 0.707. The maximum atomic E-state index is 12.3. The van der Waals surface area contributed by atoms with Crippen LogP contribution in [0.4, 0.5) is 5.69 Å². The summed E-state index contributed by atoms with van der Waals surface area (Å²) in [7, 11) is 0.339. The highest BCUT2D eigenvalue weighted by molar-refractivity contribution is 7.92. The molecule has 0 unspecified atom stereocenters. The highest BCUT2D eigenvalue weighted by Gasteiger charge is 2.13. The summed E-state index contributed by atoms with van der Waals surface area (Å²) in [5.74, 6) is -0.170. The van der Waals surface area contributed by atoms with Crippen LogP contribution in [-0.4, -0.2) is 46.4 Å². The van der Waals surface area contributed by atoms with Crippen molar-refractivity contribution in [3.8, 4) is 0 Å². The summed E-state index contributed by atoms with van der Waals surface area (Å²) >= 11 is 0. The molecule has 2 aromatic rings. The lowest BCUT2D eigenvalue weighted by Crippen LogP contribution is -2.27. The number of nitrogens with zero attached hydrogens (tertiary/aromatic N) is 1. The van der Waals surface area contributed by atoms with Gasteiger partial charge < -0.3 is 10.2 Å². The molecular formula is C18H23N3O3S. The molecule has 6 nitrogen and oxygen atoms in total. The van der Waals surface area contributed by atoms with Crippen molar-refractivity contribution in [2.24, 2.45) is 0 Å². The molecule has 2 N–H and O–H groups in total. The van der Waals surface area contributed by atoms with Crippen molar-refractivity contribution in [3.63, 3.8) is 0 Å². The number of anilines is 1. The van der Waals surface area contributed by atoms with Crippen LogP contribution in [0.3, 0.4) is 0 Å². The number of sulfonamides is 1. The molecule has 134 valence electrons. The van der Waals surface area contributed by atoms with E-state index in [1.165, 1.54) is 12.1 Å². The summed E-state index contributed by atoms with van der Waals surface area (Å²) in [5.41, 5.74) is 0.903. The first-order valence-electron chi connectivity index (χ1n) is 7.99. The maximum absolute atomic E-state index is 12.3. The molecular weight excluding hydrogens is 338 g/mol. The molecule has 2 aromatic carbocycles. The van der Waals surface area contributed by atoms with Gasteiger partial charge in [0.15, 0.2) is 0 Å². The second kappa shape index (κ2) is 8.64. The first-order chi connectivity index (χ1) is 11.9. The van der Waals surface area contributed by atoms with Crippen molar-refractivity contribution < 1.29 is 13.2 Å². The first kappa shape index (κ1) is 19.0. The van der Waals surface area contributed by atoms with Gasteiger partial charge in [0.05, 0.1) is 4.90 Å². The molecule has 0 aliphatic rings. The third-order valence-corrected chi connectivity index (χ3v) is 4.92. The summed E-state index contributed by atoms with van der Waals surface area (Å²) in [4.78, 5) is 14.3. The zero-order valence-electron chi connectivity index (χ0n) is 14.4. The molecule has 0 spiro atoms. The van der Waals surface area contributed by atoms with Crippen LogP contribution in [0.5, 0.6) is 0 Å². The van der Waals surface area contributed by atoms with Crippen LogP contribution in [-0.2, 0) is 10.0 Å². The van der Waals surface area contributed by atoms with Crippen molar-refractivity contribution >= 4 is 21.6 Å². The van der Waals surface area contributed by atoms with E-state index in [0.717, 1.165) is 13.0 Å². The zero-order chi connectivity index (χ0) is 18.3. The van der Waals surface area contributed by atoms with Crippen molar-refractivity contribution in [3.05, 3.63) is 60.2 Å². The second-order valence-electron chi connectivity index (χ2n) is 5.91. The fourth-order valence-corrected chi connectivity index (χ4v) is 3.28. The van der Waals surface area contributed by atoms with E-state index in [1.54, 1.807) is 42.5 Å². The van der Waals surface area contributed by atoms with Gasteiger partial charge in [-0.3, -0.25) is 9.52 Å². The van der Waals surface area contributed by atoms with Crippen LogP contribution in [0.25, 0.3) is 0 Å². The Labute approximate surface area is 148 Å². The van der Waals surface area contributed by atoms with Gasteiger partial charge in [-0.25, -0.2) is 8.42 Å². The highest BCUT2D eigenvalue weighted by Crippen LogP contribution is 2.16. The standard InChI is InChI=1S/C18H23N3O3S/c1-21(2)14-6-13-19-18(22)15-9-11-16(12-10-15)20-25(23,24)17-7-4-3-5-8-17/h3-5,7-12,20H,6,13-14H2,1-2H3,(H,19,22). The highest BCUT2D eigenvalue weighted by atomic mass is 32.2. The van der Waals surface area contributed by atoms with Crippen molar-refractivity contribution in [1.29, 1.82) is 0 Å². The van der Waals surface area contributed by atoms with E-state index in [-0.39, 0.29) is 10.8 Å². The topological polar surface area (TPSA) is 78.5 Å². The minimum Gasteiger partial charge on any atom is -0.352 e. The molecule has 0 saturated heterocycles. The molecule has 0 bridgehead atoms. The number of hydrogen-bond acceptors (Lipinski definition) is 4. The van der Waals surface area contributed by atoms with Crippen LogP contribution in [0.1, 0.15) is 16.8 Å². The minimum absolute atomic E-state index is 0.170. The number of amides is 1. The lowest BCUT2D eigenvalue weighted by Gasteiger charge is -2.11. The maximum Gasteiger partial charge on any atom is 0.261 e. The summed E-state index contributed by atoms with van der Waals surface area (Å²) in [6.45, 7) is 1.50. The van der Waals surface area contributed by atoms with Gasteiger partial charge in [0.2, 0.25) is 0 Å². The predicted molar refractivity (Wildman–Crippen MR) is 99.2 cm³/mol. The molecule has 1 amide bonds. The number of carbonyl (C=O) groups is 1. The zero-order valence-corrected chi connectivity index (χ0v) is 15.2. The minimum atomic E-state index is -3.63. The van der Waals surface area contributed by atoms with Gasteiger partial charge in [-0.05, 0) is 63.5 Å².